The third kappa shape index (κ3) is 6.92. The molecular weight excluding hydrogens is 409 g/mol. The van der Waals surface area contributed by atoms with Crippen LogP contribution in [0.4, 0.5) is 15.8 Å². The molecule has 0 saturated carbocycles. The van der Waals surface area contributed by atoms with Crippen molar-refractivity contribution in [3.05, 3.63) is 24.0 Å². The van der Waals surface area contributed by atoms with E-state index in [4.69, 9.17) is 4.74 Å². The van der Waals surface area contributed by atoms with Gasteiger partial charge >= 0.3 is 0 Å². The van der Waals surface area contributed by atoms with Crippen LogP contribution < -0.4 is 14.9 Å². The summed E-state index contributed by atoms with van der Waals surface area (Å²) in [5.41, 5.74) is 0.908. The number of unbranched alkanes of at least 4 members (excludes halogenated alkanes) is 1. The number of hydrogen-bond donors (Lipinski definition) is 2. The van der Waals surface area contributed by atoms with Gasteiger partial charge in [-0.3, -0.25) is 4.79 Å². The fourth-order valence-electron chi connectivity index (χ4n) is 3.27. The summed E-state index contributed by atoms with van der Waals surface area (Å²) in [6, 6.07) is 4.70. The zero-order valence-electron chi connectivity index (χ0n) is 18.5. The van der Waals surface area contributed by atoms with Gasteiger partial charge in [-0.2, -0.15) is 0 Å². The Morgan fingerprint density at radius 1 is 1.20 bits per heavy atom. The number of nitrogens with zero attached hydrogens (tertiary/aromatic N) is 1. The van der Waals surface area contributed by atoms with Gasteiger partial charge in [0.05, 0.1) is 22.6 Å². The van der Waals surface area contributed by atoms with E-state index in [1.807, 2.05) is 18.7 Å². The van der Waals surface area contributed by atoms with Crippen LogP contribution in [0.15, 0.2) is 18.2 Å². The summed E-state index contributed by atoms with van der Waals surface area (Å²) in [5, 5.41) is 2.70. The van der Waals surface area contributed by atoms with Gasteiger partial charge in [0.15, 0.2) is 0 Å². The smallest absolute Gasteiger partial charge is 0.224 e. The lowest BCUT2D eigenvalue weighted by Crippen LogP contribution is -2.45. The third-order valence-electron chi connectivity index (χ3n) is 4.92. The minimum Gasteiger partial charge on any atom is -0.372 e. The Labute approximate surface area is 179 Å². The average Bonchev–Trinajstić information content (AvgIpc) is 2.59. The number of sulfonamides is 1. The Hall–Kier alpha value is -1.71. The molecule has 9 heteroatoms. The van der Waals surface area contributed by atoms with E-state index in [1.165, 1.54) is 6.07 Å². The highest BCUT2D eigenvalue weighted by atomic mass is 32.2. The van der Waals surface area contributed by atoms with Crippen LogP contribution in [0.2, 0.25) is 0 Å². The van der Waals surface area contributed by atoms with Gasteiger partial charge in [0.2, 0.25) is 15.9 Å². The van der Waals surface area contributed by atoms with Gasteiger partial charge in [-0.1, -0.05) is 0 Å². The van der Waals surface area contributed by atoms with Crippen LogP contribution >= 0.6 is 0 Å². The number of amides is 1. The summed E-state index contributed by atoms with van der Waals surface area (Å²) in [7, 11) is -3.38. The Kier molecular flexibility index (Phi) is 8.24. The maximum absolute atomic E-state index is 14.6. The number of hydrogen-bond acceptors (Lipinski definition) is 5. The summed E-state index contributed by atoms with van der Waals surface area (Å²) >= 11 is 0. The van der Waals surface area contributed by atoms with Crippen LogP contribution in [-0.2, 0) is 19.6 Å². The van der Waals surface area contributed by atoms with Crippen LogP contribution in [-0.4, -0.2) is 50.9 Å². The first kappa shape index (κ1) is 24.6. The fraction of sp³-hybridized carbons (Fsp3) is 0.667. The molecule has 30 heavy (non-hydrogen) atoms. The first-order valence-corrected chi connectivity index (χ1v) is 11.9. The number of anilines is 2. The minimum atomic E-state index is -3.38. The molecule has 2 atom stereocenters. The highest BCUT2D eigenvalue weighted by molar-refractivity contribution is 7.90. The number of ether oxygens (including phenoxy) is 1. The Bertz CT molecular complexity index is 829. The highest BCUT2D eigenvalue weighted by Gasteiger charge is 2.28. The predicted octanol–water partition coefficient (Wildman–Crippen LogP) is 3.27. The molecule has 0 spiro atoms. The number of nitrogens with one attached hydrogen (secondary N) is 2. The van der Waals surface area contributed by atoms with E-state index in [0.717, 1.165) is 0 Å². The maximum Gasteiger partial charge on any atom is 0.224 e. The molecule has 2 unspecified atom stereocenters. The molecule has 1 aromatic carbocycles. The number of rotatable bonds is 8. The summed E-state index contributed by atoms with van der Waals surface area (Å²) < 4.78 is 45.9. The molecule has 1 fully saturated rings. The molecule has 1 saturated heterocycles. The van der Waals surface area contributed by atoms with Crippen molar-refractivity contribution in [3.8, 4) is 0 Å². The molecule has 0 bridgehead atoms. The lowest BCUT2D eigenvalue weighted by molar-refractivity contribution is -0.116. The predicted molar refractivity (Wildman–Crippen MR) is 118 cm³/mol. The SMILES string of the molecule is CC1CN(c2ccc(NC(=O)CCCCNS(=O)(=O)C(C)(C)C)cc2F)CC(C)O1. The molecule has 7 nitrogen and oxygen atoms in total. The van der Waals surface area contributed by atoms with Crippen molar-refractivity contribution in [2.45, 2.75) is 70.8 Å². The van der Waals surface area contributed by atoms with Crippen molar-refractivity contribution < 1.29 is 22.3 Å². The second kappa shape index (κ2) is 10.1. The van der Waals surface area contributed by atoms with Crippen molar-refractivity contribution in [2.24, 2.45) is 0 Å². The second-order valence-corrected chi connectivity index (χ2v) is 11.4. The normalized spacial score (nSPS) is 20.3. The molecule has 1 amide bonds. The van der Waals surface area contributed by atoms with E-state index in [1.54, 1.807) is 32.9 Å². The van der Waals surface area contributed by atoms with Crippen LogP contribution in [0, 0.1) is 5.82 Å². The van der Waals surface area contributed by atoms with Gasteiger partial charge in [0.25, 0.3) is 0 Å². The molecule has 1 aliphatic rings. The lowest BCUT2D eigenvalue weighted by atomic mass is 10.1. The van der Waals surface area contributed by atoms with Gasteiger partial charge < -0.3 is 15.0 Å². The highest BCUT2D eigenvalue weighted by Crippen LogP contribution is 2.26. The molecule has 1 aromatic rings. The largest absolute Gasteiger partial charge is 0.372 e. The number of carbonyl (C=O) groups excluding carboxylic acids is 1. The van der Waals surface area contributed by atoms with E-state index < -0.39 is 14.8 Å². The molecule has 2 N–H and O–H groups in total. The lowest BCUT2D eigenvalue weighted by Gasteiger charge is -2.37. The van der Waals surface area contributed by atoms with Crippen LogP contribution in [0.1, 0.15) is 53.9 Å². The molecule has 0 aliphatic carbocycles. The summed E-state index contributed by atoms with van der Waals surface area (Å²) in [4.78, 5) is 14.1. The molecule has 1 heterocycles. The maximum atomic E-state index is 14.6. The van der Waals surface area contributed by atoms with Gasteiger partial charge in [0.1, 0.15) is 5.82 Å². The summed E-state index contributed by atoms with van der Waals surface area (Å²) in [5.74, 6) is -0.611. The van der Waals surface area contributed by atoms with Crippen molar-refractivity contribution in [2.75, 3.05) is 29.9 Å². The number of carbonyl (C=O) groups is 1. The minimum absolute atomic E-state index is 0.0282. The zero-order chi connectivity index (χ0) is 22.5. The van der Waals surface area contributed by atoms with E-state index in [-0.39, 0.29) is 36.9 Å². The van der Waals surface area contributed by atoms with Crippen LogP contribution in [0.3, 0.4) is 0 Å². The second-order valence-electron chi connectivity index (χ2n) is 8.84. The molecule has 1 aliphatic heterocycles. The first-order chi connectivity index (χ1) is 13.9. The van der Waals surface area contributed by atoms with E-state index in [9.17, 15) is 17.6 Å². The number of benzene rings is 1. The Balaban J connectivity index is 1.80. The van der Waals surface area contributed by atoms with Gasteiger partial charge in [-0.15, -0.1) is 0 Å². The number of halogens is 1. The zero-order valence-corrected chi connectivity index (χ0v) is 19.3. The van der Waals surface area contributed by atoms with Crippen LogP contribution in [0.25, 0.3) is 0 Å². The average molecular weight is 444 g/mol. The quantitative estimate of drug-likeness (QED) is 0.602. The number of morpholine rings is 1. The standard InChI is InChI=1S/C21H34FN3O4S/c1-15-13-25(14-16(2)29-15)19-10-9-17(12-18(19)22)24-20(26)8-6-7-11-23-30(27,28)21(3,4)5/h9-10,12,15-16,23H,6-8,11,13-14H2,1-5H3,(H,24,26). The van der Waals surface area contributed by atoms with Crippen molar-refractivity contribution in [1.29, 1.82) is 0 Å². The molecule has 170 valence electrons. The van der Waals surface area contributed by atoms with Gasteiger partial charge in [0, 0.05) is 31.7 Å². The van der Waals surface area contributed by atoms with Crippen molar-refractivity contribution in [3.63, 3.8) is 0 Å². The van der Waals surface area contributed by atoms with E-state index in [2.05, 4.69) is 10.0 Å². The molecular formula is C21H34FN3O4S. The van der Waals surface area contributed by atoms with Crippen LogP contribution in [0.5, 0.6) is 0 Å². The van der Waals surface area contributed by atoms with E-state index in [0.29, 0.717) is 37.3 Å². The Morgan fingerprint density at radius 3 is 2.40 bits per heavy atom. The van der Waals surface area contributed by atoms with Crippen molar-refractivity contribution in [1.82, 2.24) is 4.72 Å². The van der Waals surface area contributed by atoms with E-state index >= 15 is 0 Å². The topological polar surface area (TPSA) is 87.7 Å². The summed E-state index contributed by atoms with van der Waals surface area (Å²) in [6.07, 6.45) is 1.37. The summed E-state index contributed by atoms with van der Waals surface area (Å²) in [6.45, 7) is 10.3. The van der Waals surface area contributed by atoms with Gasteiger partial charge in [-0.05, 0) is 65.7 Å². The van der Waals surface area contributed by atoms with Gasteiger partial charge in [-0.25, -0.2) is 17.5 Å². The monoisotopic (exact) mass is 443 g/mol. The fourth-order valence-corrected chi connectivity index (χ4v) is 4.12. The third-order valence-corrected chi connectivity index (χ3v) is 7.12. The first-order valence-electron chi connectivity index (χ1n) is 10.4. The molecule has 2 rings (SSSR count). The molecule has 0 radical (unpaired) electrons. The molecule has 0 aromatic heterocycles. The Morgan fingerprint density at radius 2 is 1.83 bits per heavy atom. The van der Waals surface area contributed by atoms with Crippen molar-refractivity contribution >= 4 is 27.3 Å².